The zero-order valence-corrected chi connectivity index (χ0v) is 13.5. The summed E-state index contributed by atoms with van der Waals surface area (Å²) < 4.78 is 7.63. The van der Waals surface area contributed by atoms with E-state index in [0.29, 0.717) is 17.9 Å². The lowest BCUT2D eigenvalue weighted by Crippen LogP contribution is -2.16. The van der Waals surface area contributed by atoms with E-state index in [4.69, 9.17) is 4.74 Å². The Balaban J connectivity index is 1.88. The van der Waals surface area contributed by atoms with Crippen molar-refractivity contribution in [2.45, 2.75) is 6.54 Å². The molecule has 22 heavy (non-hydrogen) atoms. The van der Waals surface area contributed by atoms with Crippen molar-refractivity contribution in [1.82, 2.24) is 9.38 Å². The highest BCUT2D eigenvalue weighted by Gasteiger charge is 2.05. The number of ether oxygens (including phenoxy) is 1. The van der Waals surface area contributed by atoms with Crippen LogP contribution in [-0.4, -0.2) is 16.5 Å². The number of nitrogens with one attached hydrogen (secondary N) is 1. The molecule has 0 fully saturated rings. The van der Waals surface area contributed by atoms with Crippen molar-refractivity contribution < 1.29 is 4.74 Å². The second-order valence-electron chi connectivity index (χ2n) is 4.72. The van der Waals surface area contributed by atoms with Gasteiger partial charge in [0.25, 0.3) is 5.56 Å². The van der Waals surface area contributed by atoms with Gasteiger partial charge in [-0.25, -0.2) is 4.98 Å². The predicted molar refractivity (Wildman–Crippen MR) is 89.5 cm³/mol. The van der Waals surface area contributed by atoms with Crippen LogP contribution in [0.3, 0.4) is 0 Å². The molecular weight excluding hydrogens is 346 g/mol. The van der Waals surface area contributed by atoms with Gasteiger partial charge in [0.05, 0.1) is 25.0 Å². The second-order valence-corrected chi connectivity index (χ2v) is 5.63. The Morgan fingerprint density at radius 2 is 2.09 bits per heavy atom. The Labute approximate surface area is 135 Å². The fourth-order valence-electron chi connectivity index (χ4n) is 2.19. The van der Waals surface area contributed by atoms with Crippen LogP contribution in [0, 0.1) is 0 Å². The summed E-state index contributed by atoms with van der Waals surface area (Å²) in [4.78, 5) is 16.6. The van der Waals surface area contributed by atoms with Gasteiger partial charge >= 0.3 is 0 Å². The molecule has 5 nitrogen and oxygen atoms in total. The summed E-state index contributed by atoms with van der Waals surface area (Å²) in [5.74, 6) is 0.754. The van der Waals surface area contributed by atoms with Crippen LogP contribution in [0.4, 0.5) is 5.69 Å². The van der Waals surface area contributed by atoms with Crippen LogP contribution in [0.15, 0.2) is 57.9 Å². The molecule has 112 valence electrons. The third-order valence-corrected chi connectivity index (χ3v) is 3.71. The van der Waals surface area contributed by atoms with Crippen molar-refractivity contribution in [2.75, 3.05) is 12.4 Å². The van der Waals surface area contributed by atoms with Crippen LogP contribution in [0.1, 0.15) is 5.69 Å². The van der Waals surface area contributed by atoms with Gasteiger partial charge < -0.3 is 10.1 Å². The zero-order chi connectivity index (χ0) is 15.5. The maximum atomic E-state index is 12.1. The highest BCUT2D eigenvalue weighted by molar-refractivity contribution is 9.10. The zero-order valence-electron chi connectivity index (χ0n) is 11.9. The van der Waals surface area contributed by atoms with Crippen LogP contribution in [-0.2, 0) is 6.54 Å². The lowest BCUT2D eigenvalue weighted by atomic mass is 10.3. The Hall–Kier alpha value is -2.34. The lowest BCUT2D eigenvalue weighted by molar-refractivity contribution is 0.416. The van der Waals surface area contributed by atoms with E-state index < -0.39 is 0 Å². The molecule has 1 aromatic carbocycles. The number of methoxy groups -OCH3 is 1. The molecule has 0 unspecified atom stereocenters. The number of benzene rings is 1. The SMILES string of the molecule is COc1ccccc1NCc1cc(=O)n2cc(Br)ccc2n1. The summed E-state index contributed by atoms with van der Waals surface area (Å²) in [5, 5.41) is 3.24. The molecular formula is C16H14BrN3O2. The molecule has 0 spiro atoms. The van der Waals surface area contributed by atoms with Gasteiger partial charge in [0.15, 0.2) is 0 Å². The summed E-state index contributed by atoms with van der Waals surface area (Å²) in [6, 6.07) is 12.8. The Bertz CT molecular complexity index is 877. The molecule has 3 rings (SSSR count). The maximum Gasteiger partial charge on any atom is 0.258 e. The number of nitrogens with zero attached hydrogens (tertiary/aromatic N) is 2. The molecule has 0 saturated carbocycles. The topological polar surface area (TPSA) is 55.6 Å². The van der Waals surface area contributed by atoms with E-state index >= 15 is 0 Å². The van der Waals surface area contributed by atoms with Crippen LogP contribution >= 0.6 is 15.9 Å². The third-order valence-electron chi connectivity index (χ3n) is 3.24. The summed E-state index contributed by atoms with van der Waals surface area (Å²) in [6.07, 6.45) is 1.71. The molecule has 2 heterocycles. The van der Waals surface area contributed by atoms with Crippen LogP contribution < -0.4 is 15.6 Å². The largest absolute Gasteiger partial charge is 0.495 e. The fourth-order valence-corrected chi connectivity index (χ4v) is 2.53. The Morgan fingerprint density at radius 3 is 2.91 bits per heavy atom. The van der Waals surface area contributed by atoms with Crippen molar-refractivity contribution in [3.8, 4) is 5.75 Å². The number of anilines is 1. The molecule has 1 N–H and O–H groups in total. The quantitative estimate of drug-likeness (QED) is 0.777. The minimum atomic E-state index is -0.108. The molecule has 0 aliphatic carbocycles. The van der Waals surface area contributed by atoms with Gasteiger partial charge in [-0.05, 0) is 40.2 Å². The van der Waals surface area contributed by atoms with Gasteiger partial charge in [-0.1, -0.05) is 12.1 Å². The smallest absolute Gasteiger partial charge is 0.258 e. The van der Waals surface area contributed by atoms with Crippen LogP contribution in [0.25, 0.3) is 5.65 Å². The van der Waals surface area contributed by atoms with Gasteiger partial charge in [-0.3, -0.25) is 9.20 Å². The van der Waals surface area contributed by atoms with Gasteiger partial charge in [0.2, 0.25) is 0 Å². The number of hydrogen-bond donors (Lipinski definition) is 1. The van der Waals surface area contributed by atoms with Crippen molar-refractivity contribution >= 4 is 27.3 Å². The molecule has 0 atom stereocenters. The normalized spacial score (nSPS) is 10.6. The van der Waals surface area contributed by atoms with E-state index in [0.717, 1.165) is 15.9 Å². The number of halogens is 1. The minimum absolute atomic E-state index is 0.108. The maximum absolute atomic E-state index is 12.1. The number of para-hydroxylation sites is 2. The summed E-state index contributed by atoms with van der Waals surface area (Å²) in [7, 11) is 1.62. The first-order chi connectivity index (χ1) is 10.7. The monoisotopic (exact) mass is 359 g/mol. The van der Waals surface area contributed by atoms with E-state index in [9.17, 15) is 4.79 Å². The average molecular weight is 360 g/mol. The van der Waals surface area contributed by atoms with Crippen molar-refractivity contribution in [2.24, 2.45) is 0 Å². The number of fused-ring (bicyclic) bond motifs is 1. The van der Waals surface area contributed by atoms with E-state index in [2.05, 4.69) is 26.2 Å². The molecule has 0 aliphatic heterocycles. The van der Waals surface area contributed by atoms with Gasteiger partial charge in [0, 0.05) is 16.7 Å². The highest BCUT2D eigenvalue weighted by Crippen LogP contribution is 2.23. The van der Waals surface area contributed by atoms with E-state index in [1.807, 2.05) is 30.3 Å². The second kappa shape index (κ2) is 6.19. The van der Waals surface area contributed by atoms with E-state index in [1.165, 1.54) is 10.5 Å². The number of pyridine rings is 1. The summed E-state index contributed by atoms with van der Waals surface area (Å²) in [5.41, 5.74) is 2.05. The molecule has 2 aromatic heterocycles. The molecule has 0 aliphatic rings. The average Bonchev–Trinajstić information content (AvgIpc) is 2.54. The molecule has 0 radical (unpaired) electrons. The Morgan fingerprint density at radius 1 is 1.27 bits per heavy atom. The van der Waals surface area contributed by atoms with Gasteiger partial charge in [-0.15, -0.1) is 0 Å². The van der Waals surface area contributed by atoms with Crippen molar-refractivity contribution in [1.29, 1.82) is 0 Å². The van der Waals surface area contributed by atoms with Crippen molar-refractivity contribution in [3.63, 3.8) is 0 Å². The standard InChI is InChI=1S/C16H14BrN3O2/c1-22-14-5-3-2-4-13(14)18-9-12-8-16(21)20-10-11(17)6-7-15(20)19-12/h2-8,10,18H,9H2,1H3. The molecule has 0 bridgehead atoms. The first-order valence-corrected chi connectivity index (χ1v) is 7.51. The molecule has 3 aromatic rings. The predicted octanol–water partition coefficient (Wildman–Crippen LogP) is 3.08. The molecule has 0 amide bonds. The van der Waals surface area contributed by atoms with Gasteiger partial charge in [0.1, 0.15) is 11.4 Å². The Kier molecular flexibility index (Phi) is 4.11. The van der Waals surface area contributed by atoms with Crippen molar-refractivity contribution in [3.05, 3.63) is 69.2 Å². The summed E-state index contributed by atoms with van der Waals surface area (Å²) >= 11 is 3.35. The van der Waals surface area contributed by atoms with E-state index in [1.54, 1.807) is 19.4 Å². The van der Waals surface area contributed by atoms with E-state index in [-0.39, 0.29) is 5.56 Å². The number of hydrogen-bond acceptors (Lipinski definition) is 4. The summed E-state index contributed by atoms with van der Waals surface area (Å²) in [6.45, 7) is 0.447. The van der Waals surface area contributed by atoms with Crippen LogP contribution in [0.5, 0.6) is 5.75 Å². The number of rotatable bonds is 4. The minimum Gasteiger partial charge on any atom is -0.495 e. The van der Waals surface area contributed by atoms with Gasteiger partial charge in [-0.2, -0.15) is 0 Å². The fraction of sp³-hybridized carbons (Fsp3) is 0.125. The third kappa shape index (κ3) is 2.96. The number of aromatic nitrogens is 2. The molecule has 6 heteroatoms. The highest BCUT2D eigenvalue weighted by atomic mass is 79.9. The molecule has 0 saturated heterocycles. The van der Waals surface area contributed by atoms with Crippen LogP contribution in [0.2, 0.25) is 0 Å². The lowest BCUT2D eigenvalue weighted by Gasteiger charge is -2.11. The first-order valence-electron chi connectivity index (χ1n) is 6.72. The first kappa shape index (κ1) is 14.6.